The first kappa shape index (κ1) is 14.9. The first-order chi connectivity index (χ1) is 10.6. The van der Waals surface area contributed by atoms with Crippen molar-refractivity contribution >= 4 is 52.1 Å². The van der Waals surface area contributed by atoms with Crippen LogP contribution in [-0.4, -0.2) is 30.1 Å². The zero-order valence-corrected chi connectivity index (χ0v) is 13.1. The van der Waals surface area contributed by atoms with Gasteiger partial charge in [0.2, 0.25) is 0 Å². The van der Waals surface area contributed by atoms with Crippen molar-refractivity contribution in [1.82, 2.24) is 5.32 Å². The zero-order chi connectivity index (χ0) is 15.7. The van der Waals surface area contributed by atoms with Crippen molar-refractivity contribution in [3.8, 4) is 0 Å². The van der Waals surface area contributed by atoms with E-state index in [1.165, 1.54) is 0 Å². The van der Waals surface area contributed by atoms with Crippen LogP contribution < -0.4 is 10.2 Å². The molecule has 2 aliphatic rings. The molecule has 1 aromatic rings. The van der Waals surface area contributed by atoms with Crippen LogP contribution in [0.25, 0.3) is 6.08 Å². The van der Waals surface area contributed by atoms with Gasteiger partial charge >= 0.3 is 0 Å². The molecule has 0 aliphatic carbocycles. The van der Waals surface area contributed by atoms with Crippen LogP contribution in [0.4, 0.5) is 10.5 Å². The lowest BCUT2D eigenvalue weighted by Crippen LogP contribution is -2.20. The summed E-state index contributed by atoms with van der Waals surface area (Å²) in [6.07, 6.45) is 2.46. The molecule has 2 fully saturated rings. The van der Waals surface area contributed by atoms with Gasteiger partial charge in [0.05, 0.1) is 15.6 Å². The minimum atomic E-state index is -0.387. The molecule has 0 bridgehead atoms. The first-order valence-corrected chi connectivity index (χ1v) is 7.83. The molecule has 0 saturated carbocycles. The molecule has 2 amide bonds. The van der Waals surface area contributed by atoms with Crippen LogP contribution >= 0.6 is 23.4 Å². The second-order valence-electron chi connectivity index (χ2n) is 4.93. The van der Waals surface area contributed by atoms with Crippen molar-refractivity contribution in [3.63, 3.8) is 0 Å². The summed E-state index contributed by atoms with van der Waals surface area (Å²) in [6, 6.07) is 5.45. The number of carbonyl (C=O) groups excluding carboxylic acids is 2. The summed E-state index contributed by atoms with van der Waals surface area (Å²) in [5, 5.41) is 9.69. The molecule has 0 aromatic heterocycles. The highest BCUT2D eigenvalue weighted by atomic mass is 35.5. The lowest BCUT2D eigenvalue weighted by Gasteiger charge is -2.21. The Morgan fingerprint density at radius 1 is 1.41 bits per heavy atom. The number of anilines is 1. The SMILES string of the molecule is N=C=C1CCN(c2c(Cl)cccc2/C=C2\SC(=O)NC2=O)C1. The van der Waals surface area contributed by atoms with Gasteiger partial charge in [-0.05, 0) is 36.2 Å². The third-order valence-electron chi connectivity index (χ3n) is 3.50. The summed E-state index contributed by atoms with van der Waals surface area (Å²) in [6.45, 7) is 1.35. The van der Waals surface area contributed by atoms with E-state index in [9.17, 15) is 9.59 Å². The van der Waals surface area contributed by atoms with Crippen LogP contribution in [0.5, 0.6) is 0 Å². The number of amides is 2. The summed E-state index contributed by atoms with van der Waals surface area (Å²) >= 11 is 7.21. The van der Waals surface area contributed by atoms with E-state index >= 15 is 0 Å². The van der Waals surface area contributed by atoms with Gasteiger partial charge in [-0.1, -0.05) is 23.7 Å². The molecule has 1 aromatic carbocycles. The molecule has 7 heteroatoms. The maximum Gasteiger partial charge on any atom is 0.290 e. The Balaban J connectivity index is 2.01. The monoisotopic (exact) mass is 333 g/mol. The predicted molar refractivity (Wildman–Crippen MR) is 88.6 cm³/mol. The fourth-order valence-electron chi connectivity index (χ4n) is 2.50. The molecule has 0 unspecified atom stereocenters. The normalized spacial score (nSPS) is 19.8. The summed E-state index contributed by atoms with van der Waals surface area (Å²) in [5.41, 5.74) is 2.52. The summed E-state index contributed by atoms with van der Waals surface area (Å²) in [5.74, 6) is 2.06. The summed E-state index contributed by atoms with van der Waals surface area (Å²) in [4.78, 5) is 25.4. The second kappa shape index (κ2) is 6.01. The van der Waals surface area contributed by atoms with Crippen LogP contribution in [-0.2, 0) is 4.79 Å². The molecule has 0 radical (unpaired) electrons. The smallest absolute Gasteiger partial charge is 0.290 e. The van der Waals surface area contributed by atoms with Crippen molar-refractivity contribution in [3.05, 3.63) is 39.3 Å². The van der Waals surface area contributed by atoms with Gasteiger partial charge in [0.25, 0.3) is 11.1 Å². The molecule has 2 heterocycles. The molecule has 0 spiro atoms. The van der Waals surface area contributed by atoms with E-state index in [-0.39, 0.29) is 11.1 Å². The van der Waals surface area contributed by atoms with Crippen LogP contribution in [0.2, 0.25) is 5.02 Å². The van der Waals surface area contributed by atoms with Crippen molar-refractivity contribution < 1.29 is 9.59 Å². The van der Waals surface area contributed by atoms with Crippen molar-refractivity contribution in [2.75, 3.05) is 18.0 Å². The number of hydrogen-bond acceptors (Lipinski definition) is 5. The van der Waals surface area contributed by atoms with Gasteiger partial charge in [0, 0.05) is 24.2 Å². The fraction of sp³-hybridized carbons (Fsp3) is 0.200. The van der Waals surface area contributed by atoms with Gasteiger partial charge in [0.15, 0.2) is 0 Å². The van der Waals surface area contributed by atoms with Gasteiger partial charge < -0.3 is 4.90 Å². The molecular formula is C15H12ClN3O2S. The highest BCUT2D eigenvalue weighted by Gasteiger charge is 2.27. The molecular weight excluding hydrogens is 322 g/mol. The quantitative estimate of drug-likeness (QED) is 0.644. The van der Waals surface area contributed by atoms with Crippen LogP contribution in [0.15, 0.2) is 28.7 Å². The van der Waals surface area contributed by atoms with Crippen LogP contribution in [0, 0.1) is 5.41 Å². The maximum absolute atomic E-state index is 11.7. The predicted octanol–water partition coefficient (Wildman–Crippen LogP) is 3.05. The number of halogens is 1. The summed E-state index contributed by atoms with van der Waals surface area (Å²) < 4.78 is 0. The Kier molecular flexibility index (Phi) is 4.07. The number of rotatable bonds is 2. The molecule has 5 nitrogen and oxygen atoms in total. The minimum absolute atomic E-state index is 0.357. The van der Waals surface area contributed by atoms with E-state index in [0.717, 1.165) is 41.6 Å². The van der Waals surface area contributed by atoms with Crippen LogP contribution in [0.1, 0.15) is 12.0 Å². The topological polar surface area (TPSA) is 73.3 Å². The van der Waals surface area contributed by atoms with E-state index in [4.69, 9.17) is 17.0 Å². The van der Waals surface area contributed by atoms with E-state index < -0.39 is 0 Å². The molecule has 2 aliphatic heterocycles. The van der Waals surface area contributed by atoms with E-state index in [1.807, 2.05) is 6.07 Å². The lowest BCUT2D eigenvalue weighted by molar-refractivity contribution is -0.115. The average Bonchev–Trinajstić information content (AvgIpc) is 3.06. The van der Waals surface area contributed by atoms with Gasteiger partial charge in [0.1, 0.15) is 0 Å². The van der Waals surface area contributed by atoms with E-state index in [0.29, 0.717) is 16.5 Å². The number of benzene rings is 1. The van der Waals surface area contributed by atoms with E-state index in [2.05, 4.69) is 16.1 Å². The van der Waals surface area contributed by atoms with Crippen molar-refractivity contribution in [2.24, 2.45) is 0 Å². The maximum atomic E-state index is 11.7. The summed E-state index contributed by atoms with van der Waals surface area (Å²) in [7, 11) is 0. The van der Waals surface area contributed by atoms with Gasteiger partial charge in [-0.25, -0.2) is 0 Å². The molecule has 0 atom stereocenters. The third-order valence-corrected chi connectivity index (χ3v) is 4.62. The third kappa shape index (κ3) is 2.81. The average molecular weight is 334 g/mol. The fourth-order valence-corrected chi connectivity index (χ4v) is 3.47. The van der Waals surface area contributed by atoms with Crippen LogP contribution in [0.3, 0.4) is 0 Å². The highest BCUT2D eigenvalue weighted by Crippen LogP contribution is 2.36. The Morgan fingerprint density at radius 2 is 2.23 bits per heavy atom. The Morgan fingerprint density at radius 3 is 2.86 bits per heavy atom. The van der Waals surface area contributed by atoms with Gasteiger partial charge in [-0.2, -0.15) is 0 Å². The van der Waals surface area contributed by atoms with E-state index in [1.54, 1.807) is 18.2 Å². The number of nitrogens with one attached hydrogen (secondary N) is 2. The largest absolute Gasteiger partial charge is 0.365 e. The van der Waals surface area contributed by atoms with Gasteiger partial charge in [-0.3, -0.25) is 20.3 Å². The number of hydrogen-bond donors (Lipinski definition) is 2. The Hall–Kier alpha value is -2.01. The minimum Gasteiger partial charge on any atom is -0.365 e. The molecule has 3 rings (SSSR count). The Labute approximate surface area is 136 Å². The molecule has 112 valence electrons. The van der Waals surface area contributed by atoms with Crippen molar-refractivity contribution in [2.45, 2.75) is 6.42 Å². The standard InChI is InChI=1S/C15H12ClN3O2S/c16-11-3-1-2-10(6-12-14(20)18-15(21)22-12)13(11)19-5-4-9(7-17)8-19/h1-3,6,17H,4-5,8H2,(H,18,20,21)/b12-6-. The number of thioether (sulfide) groups is 1. The first-order valence-electron chi connectivity index (χ1n) is 6.64. The number of imide groups is 1. The molecule has 2 saturated heterocycles. The second-order valence-corrected chi connectivity index (χ2v) is 6.35. The highest BCUT2D eigenvalue weighted by molar-refractivity contribution is 8.18. The molecule has 2 N–H and O–H groups in total. The zero-order valence-electron chi connectivity index (χ0n) is 11.5. The lowest BCUT2D eigenvalue weighted by atomic mass is 10.1. The number of carbonyl (C=O) groups is 2. The number of para-hydroxylation sites is 1. The Bertz CT molecular complexity index is 753. The number of nitrogens with zero attached hydrogens (tertiary/aromatic N) is 1. The molecule has 22 heavy (non-hydrogen) atoms. The van der Waals surface area contributed by atoms with Gasteiger partial charge in [-0.15, -0.1) is 0 Å². The van der Waals surface area contributed by atoms with Crippen molar-refractivity contribution in [1.29, 1.82) is 5.41 Å².